The molecule has 0 spiro atoms. The molecule has 2 aromatic rings. The molecule has 0 unspecified atom stereocenters. The first-order chi connectivity index (χ1) is 15.3. The van der Waals surface area contributed by atoms with Crippen molar-refractivity contribution in [3.05, 3.63) is 24.0 Å². The monoisotopic (exact) mass is 478 g/mol. The van der Waals surface area contributed by atoms with Crippen LogP contribution in [-0.2, 0) is 27.6 Å². The fraction of sp³-hybridized carbons (Fsp3) is 0.667. The van der Waals surface area contributed by atoms with Crippen LogP contribution in [0.3, 0.4) is 0 Å². The summed E-state index contributed by atoms with van der Waals surface area (Å²) in [6, 6.07) is 4.99. The predicted molar refractivity (Wildman–Crippen MR) is 130 cm³/mol. The van der Waals surface area contributed by atoms with E-state index in [1.165, 1.54) is 31.6 Å². The Bertz CT molecular complexity index is 1110. The molecule has 1 fully saturated rings. The third-order valence-electron chi connectivity index (χ3n) is 6.18. The number of imidazole rings is 1. The zero-order chi connectivity index (χ0) is 24.6. The van der Waals surface area contributed by atoms with E-state index < -0.39 is 20.5 Å². The van der Waals surface area contributed by atoms with E-state index in [1.807, 2.05) is 6.07 Å². The number of carbonyl (C=O) groups excluding carboxylic acids is 1. The molecular formula is C24H38N4O4S. The van der Waals surface area contributed by atoms with Gasteiger partial charge in [-0.05, 0) is 56.2 Å². The van der Waals surface area contributed by atoms with Gasteiger partial charge in [0.15, 0.2) is 9.84 Å². The van der Waals surface area contributed by atoms with Gasteiger partial charge in [-0.2, -0.15) is 0 Å². The number of benzene rings is 1. The number of carbonyl (C=O) groups is 1. The second kappa shape index (κ2) is 9.35. The minimum atomic E-state index is -4.02. The van der Waals surface area contributed by atoms with Crippen molar-refractivity contribution < 1.29 is 18.3 Å². The number of nitrogens with two attached hydrogens (primary N) is 1. The number of aliphatic hydroxyl groups excluding tert-OH is 1. The molecule has 1 aromatic carbocycles. The van der Waals surface area contributed by atoms with Gasteiger partial charge in [-0.1, -0.05) is 20.8 Å². The first kappa shape index (κ1) is 25.6. The largest absolute Gasteiger partial charge is 0.395 e. The van der Waals surface area contributed by atoms with E-state index in [9.17, 15) is 18.3 Å². The molecule has 1 aliphatic carbocycles. The Morgan fingerprint density at radius 2 is 1.88 bits per heavy atom. The molecule has 0 saturated heterocycles. The molecular weight excluding hydrogens is 440 g/mol. The standard InChI is InChI=1S/C24H38N4O4S/c1-23(2,3)15-21-26-19-14-18(8-9-20(19)28(21)16-17-6-7-17)33(31,32)24(4,5)22(30)27(11-10-25)12-13-29/h8-9,14,17,29H,6-7,10-13,15-16,25H2,1-5H3. The van der Waals surface area contributed by atoms with Crippen LogP contribution in [0.15, 0.2) is 23.1 Å². The van der Waals surface area contributed by atoms with Crippen LogP contribution in [0.4, 0.5) is 0 Å². The van der Waals surface area contributed by atoms with Crippen molar-refractivity contribution in [3.63, 3.8) is 0 Å². The van der Waals surface area contributed by atoms with Gasteiger partial charge in [0.25, 0.3) is 0 Å². The maximum atomic E-state index is 13.6. The molecule has 0 bridgehead atoms. The fourth-order valence-electron chi connectivity index (χ4n) is 4.08. The van der Waals surface area contributed by atoms with Crippen molar-refractivity contribution in [2.24, 2.45) is 17.1 Å². The highest BCUT2D eigenvalue weighted by Gasteiger charge is 2.45. The Morgan fingerprint density at radius 1 is 1.21 bits per heavy atom. The molecule has 1 heterocycles. The Morgan fingerprint density at radius 3 is 2.42 bits per heavy atom. The molecule has 0 atom stereocenters. The summed E-state index contributed by atoms with van der Waals surface area (Å²) in [6.45, 7) is 10.3. The predicted octanol–water partition coefficient (Wildman–Crippen LogP) is 2.37. The topological polar surface area (TPSA) is 119 Å². The number of nitrogens with zero attached hydrogens (tertiary/aromatic N) is 3. The highest BCUT2D eigenvalue weighted by Crippen LogP contribution is 2.35. The van der Waals surface area contributed by atoms with Crippen LogP contribution in [0, 0.1) is 11.3 Å². The smallest absolute Gasteiger partial charge is 0.243 e. The molecule has 0 aliphatic heterocycles. The number of amides is 1. The Kier molecular flexibility index (Phi) is 7.27. The van der Waals surface area contributed by atoms with Crippen molar-refractivity contribution >= 4 is 26.8 Å². The molecule has 1 aromatic heterocycles. The van der Waals surface area contributed by atoms with Gasteiger partial charge in [-0.15, -0.1) is 0 Å². The van der Waals surface area contributed by atoms with Gasteiger partial charge in [0.1, 0.15) is 10.6 Å². The first-order valence-corrected chi connectivity index (χ1v) is 13.1. The number of rotatable bonds is 10. The van der Waals surface area contributed by atoms with Crippen molar-refractivity contribution in [3.8, 4) is 0 Å². The van der Waals surface area contributed by atoms with Gasteiger partial charge in [-0.3, -0.25) is 4.79 Å². The Labute approximate surface area is 197 Å². The second-order valence-corrected chi connectivity index (χ2v) is 13.3. The summed E-state index contributed by atoms with van der Waals surface area (Å²) in [5.74, 6) is 1.04. The van der Waals surface area contributed by atoms with Crippen LogP contribution in [0.1, 0.15) is 53.3 Å². The van der Waals surface area contributed by atoms with Crippen molar-refractivity contribution in [2.75, 3.05) is 26.2 Å². The summed E-state index contributed by atoms with van der Waals surface area (Å²) >= 11 is 0. The van der Waals surface area contributed by atoms with Crippen molar-refractivity contribution in [1.82, 2.24) is 14.5 Å². The Balaban J connectivity index is 2.02. The molecule has 3 N–H and O–H groups in total. The van der Waals surface area contributed by atoms with E-state index in [1.54, 1.807) is 12.1 Å². The summed E-state index contributed by atoms with van der Waals surface area (Å²) in [5, 5.41) is 9.30. The number of aliphatic hydroxyl groups is 1. The fourth-order valence-corrected chi connectivity index (χ4v) is 5.54. The average molecular weight is 479 g/mol. The quantitative estimate of drug-likeness (QED) is 0.541. The Hall–Kier alpha value is -1.97. The van der Waals surface area contributed by atoms with Crippen LogP contribution in [0.5, 0.6) is 0 Å². The second-order valence-electron chi connectivity index (χ2n) is 10.8. The summed E-state index contributed by atoms with van der Waals surface area (Å²) in [5.41, 5.74) is 7.19. The van der Waals surface area contributed by atoms with E-state index in [4.69, 9.17) is 10.7 Å². The zero-order valence-corrected chi connectivity index (χ0v) is 21.3. The molecule has 1 aliphatic rings. The maximum absolute atomic E-state index is 13.6. The molecule has 1 saturated carbocycles. The highest BCUT2D eigenvalue weighted by molar-refractivity contribution is 7.93. The molecule has 3 rings (SSSR count). The third kappa shape index (κ3) is 5.41. The van der Waals surface area contributed by atoms with Crippen LogP contribution in [-0.4, -0.2) is 64.9 Å². The number of sulfone groups is 1. The lowest BCUT2D eigenvalue weighted by Crippen LogP contribution is -2.52. The molecule has 8 nitrogen and oxygen atoms in total. The maximum Gasteiger partial charge on any atom is 0.243 e. The molecule has 1 amide bonds. The number of fused-ring (bicyclic) bond motifs is 1. The van der Waals surface area contributed by atoms with Gasteiger partial charge >= 0.3 is 0 Å². The van der Waals surface area contributed by atoms with E-state index >= 15 is 0 Å². The van der Waals surface area contributed by atoms with Crippen molar-refractivity contribution in [2.45, 2.75) is 70.1 Å². The SMILES string of the molecule is CC(C)(C)Cc1nc2cc(S(=O)(=O)C(C)(C)C(=O)N(CCN)CCO)ccc2n1CC1CC1. The van der Waals surface area contributed by atoms with Crippen LogP contribution in [0.2, 0.25) is 0 Å². The first-order valence-electron chi connectivity index (χ1n) is 11.7. The highest BCUT2D eigenvalue weighted by atomic mass is 32.2. The van der Waals surface area contributed by atoms with Crippen LogP contribution in [0.25, 0.3) is 11.0 Å². The summed E-state index contributed by atoms with van der Waals surface area (Å²) in [7, 11) is -4.02. The molecule has 184 valence electrons. The van der Waals surface area contributed by atoms with Gasteiger partial charge in [0, 0.05) is 32.6 Å². The summed E-state index contributed by atoms with van der Waals surface area (Å²) < 4.78 is 27.7. The van der Waals surface area contributed by atoms with Crippen molar-refractivity contribution in [1.29, 1.82) is 0 Å². The molecule has 33 heavy (non-hydrogen) atoms. The zero-order valence-electron chi connectivity index (χ0n) is 20.5. The van der Waals surface area contributed by atoms with E-state index in [-0.39, 0.29) is 36.6 Å². The van der Waals surface area contributed by atoms with Gasteiger partial charge < -0.3 is 20.3 Å². The number of aromatic nitrogens is 2. The lowest BCUT2D eigenvalue weighted by Gasteiger charge is -2.31. The van der Waals surface area contributed by atoms with Gasteiger partial charge in [0.05, 0.1) is 22.5 Å². The number of hydrogen-bond donors (Lipinski definition) is 2. The minimum Gasteiger partial charge on any atom is -0.395 e. The van der Waals surface area contributed by atoms with Crippen LogP contribution >= 0.6 is 0 Å². The normalized spacial score (nSPS) is 15.2. The minimum absolute atomic E-state index is 0.0375. The van der Waals surface area contributed by atoms with Gasteiger partial charge in [-0.25, -0.2) is 13.4 Å². The lowest BCUT2D eigenvalue weighted by atomic mass is 9.92. The third-order valence-corrected chi connectivity index (χ3v) is 8.57. The van der Waals surface area contributed by atoms with E-state index in [0.717, 1.165) is 24.3 Å². The van der Waals surface area contributed by atoms with E-state index in [0.29, 0.717) is 11.4 Å². The van der Waals surface area contributed by atoms with Gasteiger partial charge in [0.2, 0.25) is 5.91 Å². The summed E-state index contributed by atoms with van der Waals surface area (Å²) in [6.07, 6.45) is 3.21. The number of hydrogen-bond acceptors (Lipinski definition) is 6. The van der Waals surface area contributed by atoms with Crippen LogP contribution < -0.4 is 5.73 Å². The molecule has 0 radical (unpaired) electrons. The summed E-state index contributed by atoms with van der Waals surface area (Å²) in [4.78, 5) is 19.3. The van der Waals surface area contributed by atoms with E-state index in [2.05, 4.69) is 25.3 Å². The molecule has 9 heteroatoms. The average Bonchev–Trinajstić information content (AvgIpc) is 3.48. The lowest BCUT2D eigenvalue weighted by molar-refractivity contribution is -0.133.